The van der Waals surface area contributed by atoms with Crippen molar-refractivity contribution in [1.82, 2.24) is 0 Å². The molecule has 2 aliphatic rings. The molecule has 0 bridgehead atoms. The van der Waals surface area contributed by atoms with Crippen molar-refractivity contribution in [2.24, 2.45) is 4.99 Å². The van der Waals surface area contributed by atoms with E-state index in [0.717, 1.165) is 24.0 Å². The van der Waals surface area contributed by atoms with Gasteiger partial charge >= 0.3 is 5.97 Å². The van der Waals surface area contributed by atoms with Crippen LogP contribution in [0.4, 0.5) is 0 Å². The van der Waals surface area contributed by atoms with E-state index in [9.17, 15) is 4.79 Å². The number of methoxy groups -OCH3 is 4. The minimum absolute atomic E-state index is 0.0829. The van der Waals surface area contributed by atoms with E-state index in [1.807, 2.05) is 36.5 Å². The maximum absolute atomic E-state index is 13.2. The number of carbonyl (C=O) groups is 1. The molecule has 0 N–H and O–H groups in total. The number of ether oxygens (including phenoxy) is 5. The van der Waals surface area contributed by atoms with Crippen LogP contribution in [0.1, 0.15) is 52.3 Å². The Morgan fingerprint density at radius 1 is 0.944 bits per heavy atom. The van der Waals surface area contributed by atoms with E-state index in [4.69, 9.17) is 28.7 Å². The smallest absolute Gasteiger partial charge is 0.317 e. The molecule has 7 nitrogen and oxygen atoms in total. The highest BCUT2D eigenvalue weighted by Crippen LogP contribution is 2.52. The van der Waals surface area contributed by atoms with Crippen LogP contribution in [0.15, 0.2) is 59.6 Å². The van der Waals surface area contributed by atoms with Crippen LogP contribution in [0, 0.1) is 0 Å². The lowest BCUT2D eigenvalue weighted by Crippen LogP contribution is -2.21. The van der Waals surface area contributed by atoms with Gasteiger partial charge in [0.2, 0.25) is 0 Å². The lowest BCUT2D eigenvalue weighted by molar-refractivity contribution is -0.144. The summed E-state index contributed by atoms with van der Waals surface area (Å²) in [4.78, 5) is 18.1. The van der Waals surface area contributed by atoms with Gasteiger partial charge in [0, 0.05) is 17.3 Å². The highest BCUT2D eigenvalue weighted by molar-refractivity contribution is 5.91. The van der Waals surface area contributed by atoms with Crippen LogP contribution in [0.3, 0.4) is 0 Å². The van der Waals surface area contributed by atoms with E-state index >= 15 is 0 Å². The largest absolute Gasteiger partial charge is 0.493 e. The highest BCUT2D eigenvalue weighted by Gasteiger charge is 2.44. The predicted octanol–water partition coefficient (Wildman–Crippen LogP) is 5.21. The van der Waals surface area contributed by atoms with Crippen molar-refractivity contribution in [3.8, 4) is 23.0 Å². The molecule has 186 valence electrons. The van der Waals surface area contributed by atoms with E-state index in [0.29, 0.717) is 28.6 Å². The van der Waals surface area contributed by atoms with Gasteiger partial charge in [-0.05, 0) is 53.8 Å². The molecular formula is C29H29NO6. The van der Waals surface area contributed by atoms with Crippen LogP contribution in [-0.2, 0) is 16.0 Å². The Kier molecular flexibility index (Phi) is 6.55. The summed E-state index contributed by atoms with van der Waals surface area (Å²) in [5.41, 5.74) is 4.85. The predicted molar refractivity (Wildman–Crippen MR) is 136 cm³/mol. The summed E-state index contributed by atoms with van der Waals surface area (Å²) in [6.07, 6.45) is 3.18. The van der Waals surface area contributed by atoms with Gasteiger partial charge in [-0.2, -0.15) is 0 Å². The second-order valence-electron chi connectivity index (χ2n) is 8.79. The van der Waals surface area contributed by atoms with E-state index in [1.54, 1.807) is 27.4 Å². The maximum Gasteiger partial charge on any atom is 0.317 e. The molecule has 0 saturated heterocycles. The molecule has 5 rings (SSSR count). The molecular weight excluding hydrogens is 458 g/mol. The Morgan fingerprint density at radius 2 is 1.69 bits per heavy atom. The number of hydrogen-bond acceptors (Lipinski definition) is 7. The Labute approximate surface area is 210 Å². The van der Waals surface area contributed by atoms with Crippen molar-refractivity contribution in [2.45, 2.75) is 30.9 Å². The molecule has 3 aromatic rings. The topological polar surface area (TPSA) is 75.6 Å². The molecule has 0 saturated carbocycles. The van der Waals surface area contributed by atoms with Crippen LogP contribution < -0.4 is 18.9 Å². The average molecular weight is 488 g/mol. The Hall–Kier alpha value is -4.00. The first kappa shape index (κ1) is 23.7. The minimum atomic E-state index is -0.712. The fourth-order valence-corrected chi connectivity index (χ4v) is 5.18. The van der Waals surface area contributed by atoms with Crippen molar-refractivity contribution in [1.29, 1.82) is 0 Å². The molecule has 1 aliphatic carbocycles. The van der Waals surface area contributed by atoms with Gasteiger partial charge in [0.05, 0.1) is 34.5 Å². The van der Waals surface area contributed by atoms with E-state index in [2.05, 4.69) is 18.2 Å². The lowest BCUT2D eigenvalue weighted by Gasteiger charge is -2.19. The number of aliphatic imine (C=N–C) groups is 1. The number of aryl methyl sites for hydroxylation is 1. The summed E-state index contributed by atoms with van der Waals surface area (Å²) in [6, 6.07) is 17.7. The number of benzene rings is 3. The SMILES string of the molecule is COC(=O)[C@@H]1c2c(C=N[C@@H]3CCc4ccccc43)ccc(OC)c2O[C@@H]1c1ccc(OC)c(OC)c1. The molecule has 0 amide bonds. The van der Waals surface area contributed by atoms with Crippen LogP contribution in [0.5, 0.6) is 23.0 Å². The van der Waals surface area contributed by atoms with Crippen LogP contribution in [-0.4, -0.2) is 40.6 Å². The third-order valence-electron chi connectivity index (χ3n) is 6.96. The van der Waals surface area contributed by atoms with Gasteiger partial charge < -0.3 is 23.7 Å². The molecule has 0 aromatic heterocycles. The minimum Gasteiger partial charge on any atom is -0.493 e. The van der Waals surface area contributed by atoms with Crippen molar-refractivity contribution in [3.05, 3.63) is 82.4 Å². The van der Waals surface area contributed by atoms with Crippen molar-refractivity contribution < 1.29 is 28.5 Å². The van der Waals surface area contributed by atoms with E-state index in [1.165, 1.54) is 18.2 Å². The summed E-state index contributed by atoms with van der Waals surface area (Å²) in [5.74, 6) is 1.09. The first-order valence-corrected chi connectivity index (χ1v) is 11.9. The summed E-state index contributed by atoms with van der Waals surface area (Å²) < 4.78 is 28.1. The molecule has 0 spiro atoms. The number of esters is 1. The molecule has 7 heteroatoms. The third kappa shape index (κ3) is 4.04. The van der Waals surface area contributed by atoms with Crippen LogP contribution in [0.2, 0.25) is 0 Å². The number of nitrogens with zero attached hydrogens (tertiary/aromatic N) is 1. The molecule has 3 aromatic carbocycles. The van der Waals surface area contributed by atoms with Gasteiger partial charge in [-0.1, -0.05) is 30.3 Å². The first-order chi connectivity index (χ1) is 17.6. The van der Waals surface area contributed by atoms with E-state index in [-0.39, 0.29) is 6.04 Å². The maximum atomic E-state index is 13.2. The number of fused-ring (bicyclic) bond motifs is 2. The zero-order chi connectivity index (χ0) is 25.2. The van der Waals surface area contributed by atoms with Gasteiger partial charge in [0.1, 0.15) is 12.0 Å². The Bertz CT molecular complexity index is 1320. The van der Waals surface area contributed by atoms with Crippen LogP contribution >= 0.6 is 0 Å². The van der Waals surface area contributed by atoms with Gasteiger partial charge in [-0.3, -0.25) is 9.79 Å². The lowest BCUT2D eigenvalue weighted by atomic mass is 9.88. The molecule has 1 heterocycles. The number of rotatable bonds is 7. The van der Waals surface area contributed by atoms with Crippen molar-refractivity contribution in [3.63, 3.8) is 0 Å². The van der Waals surface area contributed by atoms with E-state index < -0.39 is 18.0 Å². The first-order valence-electron chi connectivity index (χ1n) is 11.9. The summed E-state index contributed by atoms with van der Waals surface area (Å²) in [5, 5.41) is 0. The van der Waals surface area contributed by atoms with Gasteiger partial charge in [0.25, 0.3) is 0 Å². The second kappa shape index (κ2) is 9.93. The average Bonchev–Trinajstić information content (AvgIpc) is 3.53. The van der Waals surface area contributed by atoms with Gasteiger partial charge in [-0.25, -0.2) is 0 Å². The van der Waals surface area contributed by atoms with Crippen LogP contribution in [0.25, 0.3) is 0 Å². The number of hydrogen-bond donors (Lipinski definition) is 0. The third-order valence-corrected chi connectivity index (χ3v) is 6.96. The molecule has 0 radical (unpaired) electrons. The zero-order valence-corrected chi connectivity index (χ0v) is 20.8. The van der Waals surface area contributed by atoms with Crippen molar-refractivity contribution in [2.75, 3.05) is 28.4 Å². The molecule has 36 heavy (non-hydrogen) atoms. The molecule has 0 unspecified atom stereocenters. The summed E-state index contributed by atoms with van der Waals surface area (Å²) in [6.45, 7) is 0. The normalized spacial score (nSPS) is 19.9. The summed E-state index contributed by atoms with van der Waals surface area (Å²) >= 11 is 0. The zero-order valence-electron chi connectivity index (χ0n) is 20.8. The fraction of sp³-hybridized carbons (Fsp3) is 0.310. The van der Waals surface area contributed by atoms with Gasteiger partial charge in [-0.15, -0.1) is 0 Å². The summed E-state index contributed by atoms with van der Waals surface area (Å²) in [7, 11) is 6.12. The Balaban J connectivity index is 1.57. The van der Waals surface area contributed by atoms with Gasteiger partial charge in [0.15, 0.2) is 23.0 Å². The standard InChI is InChI=1S/C29H29NO6/c1-32-22-13-10-18(15-24(22)34-3)27-26(29(31)35-4)25-19(11-14-23(33-2)28(25)36-27)16-30-21-12-9-17-7-5-6-8-20(17)21/h5-8,10-11,13-16,21,26-27H,9,12H2,1-4H3/t21-,26-,27-/m1/s1. The number of carbonyl (C=O) groups excluding carboxylic acids is 1. The molecule has 1 aliphatic heterocycles. The molecule has 3 atom stereocenters. The fourth-order valence-electron chi connectivity index (χ4n) is 5.18. The molecule has 0 fully saturated rings. The quantitative estimate of drug-likeness (QED) is 0.336. The van der Waals surface area contributed by atoms with Crippen molar-refractivity contribution >= 4 is 12.2 Å². The second-order valence-corrected chi connectivity index (χ2v) is 8.79. The Morgan fingerprint density at radius 3 is 2.44 bits per heavy atom. The monoisotopic (exact) mass is 487 g/mol. The highest BCUT2D eigenvalue weighted by atomic mass is 16.5.